The molecule has 4 heteroatoms. The fraction of sp³-hybridized carbons (Fsp3) is 0.194. The van der Waals surface area contributed by atoms with Gasteiger partial charge in [-0.3, -0.25) is 9.55 Å². The Labute approximate surface area is 421 Å². The molecule has 0 aliphatic rings. The summed E-state index contributed by atoms with van der Waals surface area (Å²) >= 11 is 0. The number of hydrogen-bond donors (Lipinski definition) is 1. The van der Waals surface area contributed by atoms with Crippen LogP contribution in [0.1, 0.15) is 92.2 Å². The lowest BCUT2D eigenvalue weighted by Gasteiger charge is -2.23. The number of rotatable bonds is 11. The molecule has 0 aliphatic heterocycles. The van der Waals surface area contributed by atoms with Gasteiger partial charge in [0.15, 0.2) is 0 Å². The average Bonchev–Trinajstić information content (AvgIpc) is 3.80. The van der Waals surface area contributed by atoms with Crippen molar-refractivity contribution in [1.29, 1.82) is 0 Å². The van der Waals surface area contributed by atoms with Crippen molar-refractivity contribution in [2.24, 2.45) is 0 Å². The summed E-state index contributed by atoms with van der Waals surface area (Å²) in [6.45, 7) is 17.7. The molecule has 0 aliphatic carbocycles. The Balaban J connectivity index is 1.23. The number of fused-ring (bicyclic) bond motifs is 1. The smallest absolute Gasteiger partial charge is 0.149 e. The van der Waals surface area contributed by atoms with Gasteiger partial charge in [0.05, 0.1) is 28.0 Å². The van der Waals surface area contributed by atoms with E-state index in [1.54, 1.807) is 0 Å². The van der Waals surface area contributed by atoms with Gasteiger partial charge in [0.25, 0.3) is 0 Å². The van der Waals surface area contributed by atoms with Gasteiger partial charge in [-0.25, -0.2) is 4.98 Å². The van der Waals surface area contributed by atoms with E-state index in [4.69, 9.17) is 11.3 Å². The summed E-state index contributed by atoms with van der Waals surface area (Å²) in [7, 11) is 0. The van der Waals surface area contributed by atoms with E-state index in [1.165, 1.54) is 11.1 Å². The Morgan fingerprint density at radius 3 is 1.70 bits per heavy atom. The van der Waals surface area contributed by atoms with E-state index in [1.807, 2.05) is 30.5 Å². The Bertz CT molecular complexity index is 3560. The second-order valence-corrected chi connectivity index (χ2v) is 20.8. The number of nitrogens with zero attached hydrogens (tertiary/aromatic N) is 3. The van der Waals surface area contributed by atoms with Crippen molar-refractivity contribution in [2.45, 2.75) is 85.0 Å². The summed E-state index contributed by atoms with van der Waals surface area (Å²) in [6, 6.07) is 68.2. The molecule has 0 saturated carbocycles. The summed E-state index contributed by atoms with van der Waals surface area (Å²) in [5.74, 6) is 0.210. The SMILES string of the molecule is [2H]C(CC)(CC)c1ccc(-c2ccnc(-c3cc(-c4cccc5c4nc(-c4cc(-c6ccccc6)cc(-c6ccccc6)c4O)n5-c4ccc(C(C)(C)C)cc4-c4ccccc4)cc(C(C)(C)C)c3)c2)cc1. The molecule has 1 N–H and O–H groups in total. The van der Waals surface area contributed by atoms with Crippen LogP contribution >= 0.6 is 0 Å². The maximum Gasteiger partial charge on any atom is 0.149 e. The predicted molar refractivity (Wildman–Crippen MR) is 299 cm³/mol. The molecule has 10 aromatic rings. The highest BCUT2D eigenvalue weighted by atomic mass is 16.3. The van der Waals surface area contributed by atoms with Crippen LogP contribution in [0.15, 0.2) is 200 Å². The zero-order valence-electron chi connectivity index (χ0n) is 43.3. The highest BCUT2D eigenvalue weighted by Crippen LogP contribution is 2.46. The molecule has 0 spiro atoms. The molecule has 0 fully saturated rings. The van der Waals surface area contributed by atoms with Crippen LogP contribution in [0.2, 0.25) is 0 Å². The van der Waals surface area contributed by atoms with Crippen LogP contribution in [0, 0.1) is 0 Å². The summed E-state index contributed by atoms with van der Waals surface area (Å²) in [5, 5.41) is 12.8. The van der Waals surface area contributed by atoms with Crippen LogP contribution < -0.4 is 0 Å². The van der Waals surface area contributed by atoms with Crippen LogP contribution in [0.3, 0.4) is 0 Å². The summed E-state index contributed by atoms with van der Waals surface area (Å²) in [4.78, 5) is 10.7. The zero-order valence-corrected chi connectivity index (χ0v) is 42.3. The van der Waals surface area contributed by atoms with Gasteiger partial charge in [-0.1, -0.05) is 195 Å². The maximum absolute atomic E-state index is 12.8. The summed E-state index contributed by atoms with van der Waals surface area (Å²) in [6.07, 6.45) is 3.43. The number of aromatic nitrogens is 3. The molecule has 4 nitrogen and oxygen atoms in total. The lowest BCUT2D eigenvalue weighted by molar-refractivity contribution is 0.479. The van der Waals surface area contributed by atoms with Crippen molar-refractivity contribution in [3.63, 3.8) is 0 Å². The largest absolute Gasteiger partial charge is 0.507 e. The fourth-order valence-corrected chi connectivity index (χ4v) is 9.93. The fourth-order valence-electron chi connectivity index (χ4n) is 9.93. The van der Waals surface area contributed by atoms with E-state index in [9.17, 15) is 5.11 Å². The van der Waals surface area contributed by atoms with Crippen molar-refractivity contribution in [2.75, 3.05) is 0 Å². The molecule has 2 heterocycles. The van der Waals surface area contributed by atoms with E-state index in [2.05, 4.69) is 230 Å². The van der Waals surface area contributed by atoms with Crippen LogP contribution in [-0.2, 0) is 10.8 Å². The average molecular weight is 927 g/mol. The van der Waals surface area contributed by atoms with Crippen molar-refractivity contribution in [3.05, 3.63) is 217 Å². The molecular formula is C67H63N3O. The zero-order chi connectivity index (χ0) is 50.4. The van der Waals surface area contributed by atoms with Crippen LogP contribution in [0.4, 0.5) is 0 Å². The van der Waals surface area contributed by atoms with Gasteiger partial charge in [0.1, 0.15) is 11.6 Å². The van der Waals surface area contributed by atoms with E-state index in [0.29, 0.717) is 11.4 Å². The summed E-state index contributed by atoms with van der Waals surface area (Å²) < 4.78 is 11.3. The van der Waals surface area contributed by atoms with Gasteiger partial charge < -0.3 is 5.11 Å². The van der Waals surface area contributed by atoms with Crippen LogP contribution in [0.25, 0.3) is 95.0 Å². The number of imidazole rings is 1. The Kier molecular flexibility index (Phi) is 12.3. The minimum Gasteiger partial charge on any atom is -0.507 e. The van der Waals surface area contributed by atoms with Gasteiger partial charge in [0.2, 0.25) is 0 Å². The van der Waals surface area contributed by atoms with Crippen LogP contribution in [-0.4, -0.2) is 19.6 Å². The van der Waals surface area contributed by atoms with Crippen LogP contribution in [0.5, 0.6) is 5.75 Å². The molecule has 0 radical (unpaired) electrons. The predicted octanol–water partition coefficient (Wildman–Crippen LogP) is 18.3. The molecular weight excluding hydrogens is 863 g/mol. The summed E-state index contributed by atoms with van der Waals surface area (Å²) in [5.41, 5.74) is 18.4. The first kappa shape index (κ1) is 45.6. The molecule has 0 saturated heterocycles. The number of hydrogen-bond acceptors (Lipinski definition) is 3. The molecule has 71 heavy (non-hydrogen) atoms. The molecule has 10 rings (SSSR count). The molecule has 0 atom stereocenters. The van der Waals surface area contributed by atoms with Crippen molar-refractivity contribution >= 4 is 11.0 Å². The number of para-hydroxylation sites is 1. The molecule has 0 amide bonds. The number of phenols is 1. The minimum atomic E-state index is -0.593. The first-order chi connectivity index (χ1) is 34.6. The molecule has 352 valence electrons. The lowest BCUT2D eigenvalue weighted by atomic mass is 9.83. The highest BCUT2D eigenvalue weighted by Gasteiger charge is 2.27. The molecule has 0 unspecified atom stereocenters. The van der Waals surface area contributed by atoms with E-state index in [0.717, 1.165) is 102 Å². The lowest BCUT2D eigenvalue weighted by Crippen LogP contribution is -2.12. The van der Waals surface area contributed by atoms with E-state index >= 15 is 0 Å². The minimum absolute atomic E-state index is 0.102. The standard InChI is InChI=1S/C67H63N3O/c1-9-44(10-2)46-29-31-47(32-30-46)50-35-36-68-60(42-50)53-37-52(38-55(39-53)67(6,7)8)56-27-20-28-62-63(56)69-65(70(62)61-34-33-54(66(3,4)5)43-57(61)48-23-16-12-17-24-48)59-41-51(45-21-14-11-15-22-45)40-58(64(59)71)49-25-18-13-19-26-49/h11-44,71H,9-10H2,1-8H3/i44D. The van der Waals surface area contributed by atoms with Gasteiger partial charge >= 0.3 is 0 Å². The van der Waals surface area contributed by atoms with Gasteiger partial charge in [-0.15, -0.1) is 0 Å². The molecule has 2 aromatic heterocycles. The number of pyridine rings is 1. The Hall–Kier alpha value is -7.82. The van der Waals surface area contributed by atoms with Gasteiger partial charge in [0, 0.05) is 29.8 Å². The van der Waals surface area contributed by atoms with Crippen molar-refractivity contribution < 1.29 is 6.48 Å². The third-order valence-electron chi connectivity index (χ3n) is 14.1. The highest BCUT2D eigenvalue weighted by molar-refractivity contribution is 5.99. The van der Waals surface area contributed by atoms with Gasteiger partial charge in [-0.2, -0.15) is 0 Å². The second kappa shape index (κ2) is 19.2. The number of aromatic hydroxyl groups is 1. The first-order valence-electron chi connectivity index (χ1n) is 25.6. The van der Waals surface area contributed by atoms with Gasteiger partial charge in [-0.05, 0) is 140 Å². The quantitative estimate of drug-likeness (QED) is 0.141. The normalized spacial score (nSPS) is 12.3. The third kappa shape index (κ3) is 9.35. The molecule has 0 bridgehead atoms. The third-order valence-corrected chi connectivity index (χ3v) is 14.1. The van der Waals surface area contributed by atoms with E-state index in [-0.39, 0.29) is 16.6 Å². The second-order valence-electron chi connectivity index (χ2n) is 20.8. The van der Waals surface area contributed by atoms with E-state index < -0.39 is 5.89 Å². The molecule has 8 aromatic carbocycles. The number of benzene rings is 8. The first-order valence-corrected chi connectivity index (χ1v) is 25.1. The van der Waals surface area contributed by atoms with Crippen molar-refractivity contribution in [1.82, 2.24) is 14.5 Å². The number of phenolic OH excluding ortho intramolecular Hbond substituents is 1. The Morgan fingerprint density at radius 1 is 0.479 bits per heavy atom. The Morgan fingerprint density at radius 2 is 1.07 bits per heavy atom. The van der Waals surface area contributed by atoms with Crippen molar-refractivity contribution in [3.8, 4) is 89.7 Å². The maximum atomic E-state index is 12.8. The monoisotopic (exact) mass is 927 g/mol. The topological polar surface area (TPSA) is 50.9 Å².